The predicted molar refractivity (Wildman–Crippen MR) is 116 cm³/mol. The molecule has 2 aromatic heterocycles. The fourth-order valence-corrected chi connectivity index (χ4v) is 3.25. The Kier molecular flexibility index (Phi) is 6.29. The van der Waals surface area contributed by atoms with Gasteiger partial charge in [-0.15, -0.1) is 0 Å². The maximum atomic E-state index is 12.2. The van der Waals surface area contributed by atoms with Crippen LogP contribution < -0.4 is 15.7 Å². The second-order valence-electron chi connectivity index (χ2n) is 8.75. The van der Waals surface area contributed by atoms with Gasteiger partial charge in [0.15, 0.2) is 0 Å². The zero-order valence-corrected chi connectivity index (χ0v) is 18.0. The van der Waals surface area contributed by atoms with E-state index in [1.807, 2.05) is 32.9 Å². The minimum Gasteiger partial charge on any atom is -0.491 e. The molecule has 0 fully saturated rings. The highest BCUT2D eigenvalue weighted by Gasteiger charge is 2.21. The van der Waals surface area contributed by atoms with Gasteiger partial charge in [-0.1, -0.05) is 13.8 Å². The van der Waals surface area contributed by atoms with Gasteiger partial charge in [0, 0.05) is 29.2 Å². The third-order valence-electron chi connectivity index (χ3n) is 4.41. The smallest absolute Gasteiger partial charge is 0.407 e. The van der Waals surface area contributed by atoms with E-state index in [9.17, 15) is 9.59 Å². The molecule has 0 saturated carbocycles. The van der Waals surface area contributed by atoms with Gasteiger partial charge in [0.1, 0.15) is 23.5 Å². The van der Waals surface area contributed by atoms with E-state index in [0.717, 1.165) is 17.2 Å². The van der Waals surface area contributed by atoms with Crippen LogP contribution in [-0.2, 0) is 4.74 Å². The van der Waals surface area contributed by atoms with Gasteiger partial charge in [-0.2, -0.15) is 0 Å². The van der Waals surface area contributed by atoms with Crippen molar-refractivity contribution in [2.45, 2.75) is 52.7 Å². The number of nitrogens with zero attached hydrogens (tertiary/aromatic N) is 1. The number of rotatable bonds is 6. The average Bonchev–Trinajstić information content (AvgIpc) is 2.64. The Hall–Kier alpha value is -3.09. The number of nitrogens with one attached hydrogen (secondary N) is 1. The van der Waals surface area contributed by atoms with Crippen LogP contribution in [0.4, 0.5) is 4.79 Å². The molecular weight excluding hydrogens is 384 g/mol. The molecule has 0 spiro atoms. The first-order chi connectivity index (χ1) is 14.1. The van der Waals surface area contributed by atoms with E-state index < -0.39 is 17.3 Å². The second-order valence-corrected chi connectivity index (χ2v) is 8.75. The lowest BCUT2D eigenvalue weighted by atomic mass is 10.0. The number of aromatic nitrogens is 1. The van der Waals surface area contributed by atoms with Gasteiger partial charge in [-0.25, -0.2) is 9.59 Å². The summed E-state index contributed by atoms with van der Waals surface area (Å²) < 4.78 is 16.7. The number of carbonyl (C=O) groups is 1. The summed E-state index contributed by atoms with van der Waals surface area (Å²) in [5.74, 6) is 0.918. The Balaban J connectivity index is 1.77. The van der Waals surface area contributed by atoms with Crippen molar-refractivity contribution in [2.75, 3.05) is 6.61 Å². The molecule has 1 unspecified atom stereocenters. The monoisotopic (exact) mass is 412 g/mol. The summed E-state index contributed by atoms with van der Waals surface area (Å²) in [6.07, 6.45) is 3.41. The molecule has 0 radical (unpaired) electrons. The summed E-state index contributed by atoms with van der Waals surface area (Å²) in [4.78, 5) is 28.4. The van der Waals surface area contributed by atoms with Crippen molar-refractivity contribution >= 4 is 27.8 Å². The Morgan fingerprint density at radius 1 is 1.17 bits per heavy atom. The van der Waals surface area contributed by atoms with Gasteiger partial charge in [0.05, 0.1) is 11.4 Å². The van der Waals surface area contributed by atoms with Crippen LogP contribution in [0.5, 0.6) is 5.75 Å². The molecule has 1 atom stereocenters. The average molecular weight is 412 g/mol. The fraction of sp³-hybridized carbons (Fsp3) is 0.435. The Bertz CT molecular complexity index is 1100. The molecule has 1 amide bonds. The van der Waals surface area contributed by atoms with Gasteiger partial charge in [0.2, 0.25) is 0 Å². The highest BCUT2D eigenvalue weighted by Crippen LogP contribution is 2.26. The van der Waals surface area contributed by atoms with Crippen molar-refractivity contribution in [3.8, 4) is 5.75 Å². The van der Waals surface area contributed by atoms with E-state index in [4.69, 9.17) is 13.9 Å². The molecule has 0 aliphatic rings. The van der Waals surface area contributed by atoms with Gasteiger partial charge in [0.25, 0.3) is 0 Å². The number of carbonyl (C=O) groups excluding carboxylic acids is 1. The van der Waals surface area contributed by atoms with Gasteiger partial charge >= 0.3 is 11.7 Å². The summed E-state index contributed by atoms with van der Waals surface area (Å²) in [6, 6.07) is 6.94. The van der Waals surface area contributed by atoms with Gasteiger partial charge < -0.3 is 19.2 Å². The zero-order chi connectivity index (χ0) is 21.9. The number of benzene rings is 1. The molecule has 3 aromatic rings. The van der Waals surface area contributed by atoms with Crippen molar-refractivity contribution < 1.29 is 18.7 Å². The first-order valence-electron chi connectivity index (χ1n) is 10.1. The minimum atomic E-state index is -0.568. The van der Waals surface area contributed by atoms with Crippen LogP contribution in [-0.4, -0.2) is 29.3 Å². The molecule has 0 aliphatic carbocycles. The molecule has 1 aromatic carbocycles. The van der Waals surface area contributed by atoms with Crippen molar-refractivity contribution in [1.82, 2.24) is 10.3 Å². The van der Waals surface area contributed by atoms with Crippen LogP contribution in [0.15, 0.2) is 45.9 Å². The third-order valence-corrected chi connectivity index (χ3v) is 4.41. The molecular formula is C23H28N2O5. The summed E-state index contributed by atoms with van der Waals surface area (Å²) in [5, 5.41) is 4.92. The number of hydrogen-bond donors (Lipinski definition) is 1. The normalized spacial score (nSPS) is 12.9. The van der Waals surface area contributed by atoms with E-state index in [-0.39, 0.29) is 12.6 Å². The lowest BCUT2D eigenvalue weighted by molar-refractivity contribution is 0.0480. The summed E-state index contributed by atoms with van der Waals surface area (Å²) in [6.45, 7) is 9.89. The lowest BCUT2D eigenvalue weighted by Gasteiger charge is -2.24. The van der Waals surface area contributed by atoms with Crippen LogP contribution in [0.2, 0.25) is 0 Å². The highest BCUT2D eigenvalue weighted by molar-refractivity contribution is 6.04. The number of alkyl carbamates (subject to hydrolysis) is 1. The van der Waals surface area contributed by atoms with Crippen LogP contribution in [0.3, 0.4) is 0 Å². The number of fused-ring (bicyclic) bond motifs is 3. The molecule has 7 heteroatoms. The van der Waals surface area contributed by atoms with Crippen molar-refractivity contribution in [3.63, 3.8) is 0 Å². The van der Waals surface area contributed by atoms with Crippen molar-refractivity contribution in [1.29, 1.82) is 0 Å². The van der Waals surface area contributed by atoms with E-state index in [1.54, 1.807) is 18.3 Å². The number of amides is 1. The molecule has 0 saturated heterocycles. The van der Waals surface area contributed by atoms with E-state index in [0.29, 0.717) is 22.6 Å². The van der Waals surface area contributed by atoms with Crippen LogP contribution in [0, 0.1) is 5.92 Å². The SMILES string of the molecule is CC(C)CC(COc1ccc2c(c1)oc(=O)c1cnccc12)NC(=O)OC(C)(C)C. The Labute approximate surface area is 175 Å². The maximum absolute atomic E-state index is 12.2. The molecule has 7 nitrogen and oxygen atoms in total. The maximum Gasteiger partial charge on any atom is 0.407 e. The van der Waals surface area contributed by atoms with Crippen LogP contribution in [0.1, 0.15) is 41.0 Å². The quantitative estimate of drug-likeness (QED) is 0.468. The van der Waals surface area contributed by atoms with Gasteiger partial charge in [-0.05, 0) is 51.3 Å². The van der Waals surface area contributed by atoms with Crippen LogP contribution in [0.25, 0.3) is 21.7 Å². The number of ether oxygens (including phenoxy) is 2. The fourth-order valence-electron chi connectivity index (χ4n) is 3.25. The van der Waals surface area contributed by atoms with E-state index >= 15 is 0 Å². The lowest BCUT2D eigenvalue weighted by Crippen LogP contribution is -2.42. The summed E-state index contributed by atoms with van der Waals surface area (Å²) in [7, 11) is 0. The molecule has 0 aliphatic heterocycles. The Morgan fingerprint density at radius 2 is 1.93 bits per heavy atom. The van der Waals surface area contributed by atoms with Crippen molar-refractivity contribution in [3.05, 3.63) is 47.1 Å². The van der Waals surface area contributed by atoms with Crippen molar-refractivity contribution in [2.24, 2.45) is 5.92 Å². The molecule has 2 heterocycles. The molecule has 3 rings (SSSR count). The molecule has 1 N–H and O–H groups in total. The standard InChI is InChI=1S/C23H28N2O5/c1-14(2)10-15(25-22(27)30-23(3,4)5)13-28-16-6-7-18-17-8-9-24-12-19(17)21(26)29-20(18)11-16/h6-9,11-12,14-15H,10,13H2,1-5H3,(H,25,27). The highest BCUT2D eigenvalue weighted by atomic mass is 16.6. The van der Waals surface area contributed by atoms with Gasteiger partial charge in [-0.3, -0.25) is 4.98 Å². The first kappa shape index (κ1) is 21.6. The summed E-state index contributed by atoms with van der Waals surface area (Å²) >= 11 is 0. The topological polar surface area (TPSA) is 90.7 Å². The van der Waals surface area contributed by atoms with E-state index in [2.05, 4.69) is 24.1 Å². The largest absolute Gasteiger partial charge is 0.491 e. The first-order valence-corrected chi connectivity index (χ1v) is 10.1. The number of pyridine rings is 1. The Morgan fingerprint density at radius 3 is 2.63 bits per heavy atom. The second kappa shape index (κ2) is 8.73. The predicted octanol–water partition coefficient (Wildman–Crippen LogP) is 4.66. The summed E-state index contributed by atoms with van der Waals surface area (Å²) in [5.41, 5.74) is -0.564. The third kappa shape index (κ3) is 5.49. The van der Waals surface area contributed by atoms with Crippen LogP contribution >= 0.6 is 0 Å². The molecule has 160 valence electrons. The zero-order valence-electron chi connectivity index (χ0n) is 18.0. The number of hydrogen-bond acceptors (Lipinski definition) is 6. The minimum absolute atomic E-state index is 0.217. The molecule has 0 bridgehead atoms. The molecule has 30 heavy (non-hydrogen) atoms. The van der Waals surface area contributed by atoms with E-state index in [1.165, 1.54) is 6.20 Å².